The van der Waals surface area contributed by atoms with Crippen LogP contribution in [0.5, 0.6) is 5.88 Å². The van der Waals surface area contributed by atoms with E-state index in [-0.39, 0.29) is 24.1 Å². The molecule has 0 unspecified atom stereocenters. The lowest BCUT2D eigenvalue weighted by Crippen LogP contribution is -2.03. The standard InChI is InChI=1S/C11H10FN3O/c12-9-4-2-1-3-8(9)7-16-11-10(13)14-5-6-15-11/h1-6H,7H2,(H2,13,14). The molecular weight excluding hydrogens is 209 g/mol. The van der Waals surface area contributed by atoms with E-state index in [1.165, 1.54) is 18.5 Å². The quantitative estimate of drug-likeness (QED) is 0.854. The molecule has 0 amide bonds. The number of nitrogen functional groups attached to an aromatic ring is 1. The van der Waals surface area contributed by atoms with Crippen LogP contribution in [0.3, 0.4) is 0 Å². The highest BCUT2D eigenvalue weighted by molar-refractivity contribution is 5.38. The van der Waals surface area contributed by atoms with Gasteiger partial charge in [-0.2, -0.15) is 0 Å². The molecule has 2 N–H and O–H groups in total. The summed E-state index contributed by atoms with van der Waals surface area (Å²) in [6.45, 7) is 0.0789. The molecule has 1 aromatic carbocycles. The lowest BCUT2D eigenvalue weighted by atomic mass is 10.2. The van der Waals surface area contributed by atoms with Gasteiger partial charge in [0, 0.05) is 18.0 Å². The van der Waals surface area contributed by atoms with Crippen LogP contribution in [-0.4, -0.2) is 9.97 Å². The van der Waals surface area contributed by atoms with E-state index < -0.39 is 0 Å². The Labute approximate surface area is 91.9 Å². The Kier molecular flexibility index (Phi) is 2.95. The largest absolute Gasteiger partial charge is 0.470 e. The van der Waals surface area contributed by atoms with Crippen molar-refractivity contribution in [1.29, 1.82) is 0 Å². The minimum Gasteiger partial charge on any atom is -0.470 e. The van der Waals surface area contributed by atoms with Crippen molar-refractivity contribution < 1.29 is 9.13 Å². The Morgan fingerprint density at radius 3 is 2.69 bits per heavy atom. The maximum absolute atomic E-state index is 13.2. The Hall–Kier alpha value is -2.17. The van der Waals surface area contributed by atoms with Gasteiger partial charge in [-0.1, -0.05) is 18.2 Å². The number of hydrogen-bond acceptors (Lipinski definition) is 4. The van der Waals surface area contributed by atoms with Crippen LogP contribution in [-0.2, 0) is 6.61 Å². The van der Waals surface area contributed by atoms with E-state index in [0.717, 1.165) is 0 Å². The summed E-state index contributed by atoms with van der Waals surface area (Å²) >= 11 is 0. The van der Waals surface area contributed by atoms with Gasteiger partial charge in [0.15, 0.2) is 5.82 Å². The van der Waals surface area contributed by atoms with Crippen molar-refractivity contribution >= 4 is 5.82 Å². The van der Waals surface area contributed by atoms with E-state index in [0.29, 0.717) is 5.56 Å². The molecule has 0 aliphatic carbocycles. The fourth-order valence-electron chi connectivity index (χ4n) is 1.21. The molecule has 0 saturated heterocycles. The first kappa shape index (κ1) is 10.4. The van der Waals surface area contributed by atoms with Gasteiger partial charge in [-0.05, 0) is 6.07 Å². The van der Waals surface area contributed by atoms with Gasteiger partial charge >= 0.3 is 0 Å². The summed E-state index contributed by atoms with van der Waals surface area (Å²) in [5.74, 6) is 0.0922. The van der Waals surface area contributed by atoms with Crippen LogP contribution in [0.25, 0.3) is 0 Å². The van der Waals surface area contributed by atoms with Gasteiger partial charge in [-0.15, -0.1) is 0 Å². The first-order valence-corrected chi connectivity index (χ1v) is 4.70. The smallest absolute Gasteiger partial charge is 0.257 e. The molecule has 1 heterocycles. The molecule has 1 aromatic heterocycles. The van der Waals surface area contributed by atoms with Crippen molar-refractivity contribution in [1.82, 2.24) is 9.97 Å². The molecule has 0 saturated carbocycles. The second-order valence-corrected chi connectivity index (χ2v) is 3.13. The van der Waals surface area contributed by atoms with Crippen LogP contribution in [0, 0.1) is 5.82 Å². The summed E-state index contributed by atoms with van der Waals surface area (Å²) in [6, 6.07) is 6.37. The summed E-state index contributed by atoms with van der Waals surface area (Å²) in [5, 5.41) is 0. The van der Waals surface area contributed by atoms with Gasteiger partial charge in [0.05, 0.1) is 0 Å². The lowest BCUT2D eigenvalue weighted by Gasteiger charge is -2.06. The molecule has 0 fully saturated rings. The zero-order chi connectivity index (χ0) is 11.4. The molecule has 0 aliphatic heterocycles. The second kappa shape index (κ2) is 4.57. The summed E-state index contributed by atoms with van der Waals surface area (Å²) in [6.07, 6.45) is 2.93. The molecule has 2 rings (SSSR count). The van der Waals surface area contributed by atoms with Gasteiger partial charge in [0.1, 0.15) is 12.4 Å². The van der Waals surface area contributed by atoms with E-state index in [1.807, 2.05) is 0 Å². The predicted octanol–water partition coefficient (Wildman–Crippen LogP) is 1.78. The molecule has 0 bridgehead atoms. The maximum Gasteiger partial charge on any atom is 0.257 e. The molecule has 0 radical (unpaired) electrons. The number of ether oxygens (including phenoxy) is 1. The van der Waals surface area contributed by atoms with Crippen molar-refractivity contribution in [2.45, 2.75) is 6.61 Å². The number of aromatic nitrogens is 2. The van der Waals surface area contributed by atoms with Crippen LogP contribution in [0.1, 0.15) is 5.56 Å². The first-order valence-electron chi connectivity index (χ1n) is 4.70. The number of benzene rings is 1. The van der Waals surface area contributed by atoms with Crippen LogP contribution < -0.4 is 10.5 Å². The van der Waals surface area contributed by atoms with Crippen molar-refractivity contribution in [2.24, 2.45) is 0 Å². The zero-order valence-electron chi connectivity index (χ0n) is 8.43. The summed E-state index contributed by atoms with van der Waals surface area (Å²) in [5.41, 5.74) is 5.98. The molecule has 0 atom stereocenters. The van der Waals surface area contributed by atoms with Crippen molar-refractivity contribution in [3.05, 3.63) is 48.0 Å². The van der Waals surface area contributed by atoms with E-state index in [4.69, 9.17) is 10.5 Å². The molecule has 16 heavy (non-hydrogen) atoms. The number of nitrogens with two attached hydrogens (primary N) is 1. The third kappa shape index (κ3) is 2.25. The zero-order valence-corrected chi connectivity index (χ0v) is 8.43. The highest BCUT2D eigenvalue weighted by atomic mass is 19.1. The molecule has 2 aromatic rings. The summed E-state index contributed by atoms with van der Waals surface area (Å²) in [7, 11) is 0. The van der Waals surface area contributed by atoms with Gasteiger partial charge in [0.2, 0.25) is 0 Å². The molecule has 5 heteroatoms. The Morgan fingerprint density at radius 2 is 1.94 bits per heavy atom. The fourth-order valence-corrected chi connectivity index (χ4v) is 1.21. The molecular formula is C11H10FN3O. The molecule has 0 spiro atoms. The van der Waals surface area contributed by atoms with Crippen LogP contribution in [0.15, 0.2) is 36.7 Å². The molecule has 4 nitrogen and oxygen atoms in total. The number of nitrogens with zero attached hydrogens (tertiary/aromatic N) is 2. The Bertz CT molecular complexity index is 445. The predicted molar refractivity (Wildman–Crippen MR) is 57.2 cm³/mol. The monoisotopic (exact) mass is 219 g/mol. The fraction of sp³-hybridized carbons (Fsp3) is 0.0909. The minimum atomic E-state index is -0.315. The van der Waals surface area contributed by atoms with Crippen molar-refractivity contribution in [2.75, 3.05) is 5.73 Å². The SMILES string of the molecule is Nc1nccnc1OCc1ccccc1F. The van der Waals surface area contributed by atoms with E-state index in [2.05, 4.69) is 9.97 Å². The van der Waals surface area contributed by atoms with Crippen LogP contribution in [0.4, 0.5) is 10.2 Å². The van der Waals surface area contributed by atoms with Crippen LogP contribution in [0.2, 0.25) is 0 Å². The molecule has 0 aliphatic rings. The van der Waals surface area contributed by atoms with Crippen LogP contribution >= 0.6 is 0 Å². The highest BCUT2D eigenvalue weighted by Gasteiger charge is 2.05. The number of hydrogen-bond donors (Lipinski definition) is 1. The van der Waals surface area contributed by atoms with E-state index in [1.54, 1.807) is 18.2 Å². The van der Waals surface area contributed by atoms with E-state index >= 15 is 0 Å². The topological polar surface area (TPSA) is 61.0 Å². The Balaban J connectivity index is 2.09. The number of rotatable bonds is 3. The van der Waals surface area contributed by atoms with E-state index in [9.17, 15) is 4.39 Å². The summed E-state index contributed by atoms with van der Waals surface area (Å²) in [4.78, 5) is 7.70. The third-order valence-corrected chi connectivity index (χ3v) is 2.01. The number of anilines is 1. The van der Waals surface area contributed by atoms with Crippen molar-refractivity contribution in [3.63, 3.8) is 0 Å². The average Bonchev–Trinajstić information content (AvgIpc) is 2.30. The lowest BCUT2D eigenvalue weighted by molar-refractivity contribution is 0.289. The summed E-state index contributed by atoms with van der Waals surface area (Å²) < 4.78 is 18.5. The normalized spacial score (nSPS) is 10.1. The minimum absolute atomic E-state index is 0.0789. The van der Waals surface area contributed by atoms with Gasteiger partial charge in [-0.3, -0.25) is 0 Å². The molecule has 82 valence electrons. The van der Waals surface area contributed by atoms with Crippen molar-refractivity contribution in [3.8, 4) is 5.88 Å². The third-order valence-electron chi connectivity index (χ3n) is 2.01. The maximum atomic E-state index is 13.2. The average molecular weight is 219 g/mol. The second-order valence-electron chi connectivity index (χ2n) is 3.13. The van der Waals surface area contributed by atoms with Gasteiger partial charge in [0.25, 0.3) is 5.88 Å². The van der Waals surface area contributed by atoms with Gasteiger partial charge in [-0.25, -0.2) is 14.4 Å². The number of halogens is 1. The first-order chi connectivity index (χ1) is 7.77. The van der Waals surface area contributed by atoms with Gasteiger partial charge < -0.3 is 10.5 Å². The Morgan fingerprint density at radius 1 is 1.19 bits per heavy atom. The highest BCUT2D eigenvalue weighted by Crippen LogP contribution is 2.15.